The van der Waals surface area contributed by atoms with E-state index in [1.54, 1.807) is 0 Å². The first-order valence-corrected chi connectivity index (χ1v) is 6.00. The molecule has 18 heavy (non-hydrogen) atoms. The highest BCUT2D eigenvalue weighted by molar-refractivity contribution is 6.30. The van der Waals surface area contributed by atoms with E-state index in [4.69, 9.17) is 16.3 Å². The van der Waals surface area contributed by atoms with E-state index >= 15 is 0 Å². The number of aromatic nitrogens is 1. The maximum atomic E-state index is 10.8. The predicted molar refractivity (Wildman–Crippen MR) is 70.0 cm³/mol. The SMILES string of the molecule is CC(C)COCCNc1ncc(Cl)cc1[N+](=O)[O-]. The molecule has 0 aliphatic rings. The van der Waals surface area contributed by atoms with E-state index in [0.717, 1.165) is 0 Å². The maximum Gasteiger partial charge on any atom is 0.312 e. The molecule has 0 unspecified atom stereocenters. The molecule has 0 atom stereocenters. The van der Waals surface area contributed by atoms with E-state index in [2.05, 4.69) is 24.1 Å². The number of hydrogen-bond acceptors (Lipinski definition) is 5. The number of pyridine rings is 1. The molecule has 1 aromatic heterocycles. The first kappa shape index (κ1) is 14.7. The Balaban J connectivity index is 2.49. The third-order valence-corrected chi connectivity index (χ3v) is 2.23. The lowest BCUT2D eigenvalue weighted by atomic mass is 10.2. The van der Waals surface area contributed by atoms with Gasteiger partial charge in [0.2, 0.25) is 5.82 Å². The van der Waals surface area contributed by atoms with Crippen LogP contribution in [0.1, 0.15) is 13.8 Å². The molecular weight excluding hydrogens is 258 g/mol. The number of hydrogen-bond donors (Lipinski definition) is 1. The van der Waals surface area contributed by atoms with Gasteiger partial charge in [-0.2, -0.15) is 0 Å². The molecule has 1 aromatic rings. The van der Waals surface area contributed by atoms with Gasteiger partial charge in [0.25, 0.3) is 0 Å². The van der Waals surface area contributed by atoms with Gasteiger partial charge in [-0.25, -0.2) is 4.98 Å². The summed E-state index contributed by atoms with van der Waals surface area (Å²) in [6.07, 6.45) is 1.37. The van der Waals surface area contributed by atoms with Crippen molar-refractivity contribution in [3.63, 3.8) is 0 Å². The van der Waals surface area contributed by atoms with E-state index < -0.39 is 4.92 Å². The van der Waals surface area contributed by atoms with Crippen molar-refractivity contribution in [2.24, 2.45) is 5.92 Å². The van der Waals surface area contributed by atoms with Crippen LogP contribution in [0.5, 0.6) is 0 Å². The van der Waals surface area contributed by atoms with Crippen LogP contribution in [0.25, 0.3) is 0 Å². The van der Waals surface area contributed by atoms with Gasteiger partial charge in [-0.15, -0.1) is 0 Å². The Bertz CT molecular complexity index is 413. The molecule has 100 valence electrons. The van der Waals surface area contributed by atoms with E-state index in [1.165, 1.54) is 12.3 Å². The van der Waals surface area contributed by atoms with Crippen molar-refractivity contribution in [3.8, 4) is 0 Å². The molecule has 0 aliphatic carbocycles. The Morgan fingerprint density at radius 2 is 2.33 bits per heavy atom. The molecule has 0 amide bonds. The molecule has 7 heteroatoms. The first-order valence-electron chi connectivity index (χ1n) is 5.62. The van der Waals surface area contributed by atoms with E-state index in [-0.39, 0.29) is 16.5 Å². The third-order valence-electron chi connectivity index (χ3n) is 2.02. The minimum atomic E-state index is -0.518. The fraction of sp³-hybridized carbons (Fsp3) is 0.545. The van der Waals surface area contributed by atoms with Gasteiger partial charge in [0.05, 0.1) is 16.6 Å². The maximum absolute atomic E-state index is 10.8. The Kier molecular flexibility index (Phi) is 5.80. The average molecular weight is 274 g/mol. The molecule has 0 aliphatic heterocycles. The predicted octanol–water partition coefficient (Wildman–Crippen LogP) is 2.73. The second-order valence-corrected chi connectivity index (χ2v) is 4.61. The Morgan fingerprint density at radius 1 is 1.61 bits per heavy atom. The summed E-state index contributed by atoms with van der Waals surface area (Å²) in [5, 5.41) is 13.9. The standard InChI is InChI=1S/C11H16ClN3O3/c1-8(2)7-18-4-3-13-11-10(15(16)17)5-9(12)6-14-11/h5-6,8H,3-4,7H2,1-2H3,(H,13,14). The lowest BCUT2D eigenvalue weighted by Crippen LogP contribution is -2.13. The second kappa shape index (κ2) is 7.13. The van der Waals surface area contributed by atoms with Gasteiger partial charge in [-0.05, 0) is 5.92 Å². The molecule has 0 bridgehead atoms. The van der Waals surface area contributed by atoms with Crippen LogP contribution in [0.2, 0.25) is 5.02 Å². The van der Waals surface area contributed by atoms with Crippen molar-refractivity contribution in [2.45, 2.75) is 13.8 Å². The van der Waals surface area contributed by atoms with Crippen molar-refractivity contribution in [1.29, 1.82) is 0 Å². The summed E-state index contributed by atoms with van der Waals surface area (Å²) in [6.45, 7) is 5.71. The Labute approximate surface area is 110 Å². The minimum absolute atomic E-state index is 0.133. The van der Waals surface area contributed by atoms with Crippen LogP contribution in [0.4, 0.5) is 11.5 Å². The average Bonchev–Trinajstić information content (AvgIpc) is 2.29. The first-order chi connectivity index (χ1) is 8.50. The lowest BCUT2D eigenvalue weighted by molar-refractivity contribution is -0.384. The van der Waals surface area contributed by atoms with Crippen molar-refractivity contribution >= 4 is 23.1 Å². The Hall–Kier alpha value is -1.40. The van der Waals surface area contributed by atoms with Gasteiger partial charge in [0.15, 0.2) is 0 Å². The highest BCUT2D eigenvalue weighted by Gasteiger charge is 2.15. The summed E-state index contributed by atoms with van der Waals surface area (Å²) in [5.74, 6) is 0.672. The van der Waals surface area contributed by atoms with Gasteiger partial charge in [0.1, 0.15) is 0 Å². The van der Waals surface area contributed by atoms with Crippen LogP contribution in [0.15, 0.2) is 12.3 Å². The molecule has 0 saturated heterocycles. The van der Waals surface area contributed by atoms with E-state index in [1.807, 2.05) is 0 Å². The smallest absolute Gasteiger partial charge is 0.312 e. The number of anilines is 1. The molecule has 0 aromatic carbocycles. The normalized spacial score (nSPS) is 10.7. The van der Waals surface area contributed by atoms with Crippen LogP contribution in [0.3, 0.4) is 0 Å². The van der Waals surface area contributed by atoms with Gasteiger partial charge in [0, 0.05) is 25.4 Å². The van der Waals surface area contributed by atoms with Crippen molar-refractivity contribution in [1.82, 2.24) is 4.98 Å². The summed E-state index contributed by atoms with van der Waals surface area (Å²) < 4.78 is 5.35. The molecule has 0 spiro atoms. The minimum Gasteiger partial charge on any atom is -0.379 e. The molecule has 6 nitrogen and oxygen atoms in total. The zero-order chi connectivity index (χ0) is 13.5. The van der Waals surface area contributed by atoms with Crippen molar-refractivity contribution in [2.75, 3.05) is 25.1 Å². The number of ether oxygens (including phenoxy) is 1. The quantitative estimate of drug-likeness (QED) is 0.469. The number of nitro groups is 1. The lowest BCUT2D eigenvalue weighted by Gasteiger charge is -2.08. The number of nitrogens with one attached hydrogen (secondary N) is 1. The van der Waals surface area contributed by atoms with Gasteiger partial charge in [-0.3, -0.25) is 10.1 Å². The third kappa shape index (κ3) is 4.85. The number of rotatable bonds is 7. The van der Waals surface area contributed by atoms with Crippen molar-refractivity contribution < 1.29 is 9.66 Å². The highest BCUT2D eigenvalue weighted by atomic mass is 35.5. The molecule has 0 radical (unpaired) electrons. The van der Waals surface area contributed by atoms with E-state index in [0.29, 0.717) is 25.7 Å². The fourth-order valence-corrected chi connectivity index (χ4v) is 1.42. The summed E-state index contributed by atoms with van der Waals surface area (Å²) in [7, 11) is 0. The number of nitrogens with zero attached hydrogens (tertiary/aromatic N) is 2. The van der Waals surface area contributed by atoms with Gasteiger partial charge in [-0.1, -0.05) is 25.4 Å². The molecule has 1 rings (SSSR count). The summed E-state index contributed by atoms with van der Waals surface area (Å²) in [4.78, 5) is 14.2. The van der Waals surface area contributed by atoms with Crippen LogP contribution in [-0.2, 0) is 4.74 Å². The molecule has 1 N–H and O–H groups in total. The van der Waals surface area contributed by atoms with Crippen LogP contribution in [-0.4, -0.2) is 29.7 Å². The summed E-state index contributed by atoms with van der Waals surface area (Å²) >= 11 is 5.66. The summed E-state index contributed by atoms with van der Waals surface area (Å²) in [6, 6.07) is 1.27. The number of halogens is 1. The van der Waals surface area contributed by atoms with E-state index in [9.17, 15) is 10.1 Å². The Morgan fingerprint density at radius 3 is 2.94 bits per heavy atom. The van der Waals surface area contributed by atoms with Gasteiger partial charge < -0.3 is 10.1 Å². The fourth-order valence-electron chi connectivity index (χ4n) is 1.26. The molecule has 1 heterocycles. The molecular formula is C11H16ClN3O3. The van der Waals surface area contributed by atoms with Gasteiger partial charge >= 0.3 is 5.69 Å². The van der Waals surface area contributed by atoms with Crippen LogP contribution < -0.4 is 5.32 Å². The topological polar surface area (TPSA) is 77.3 Å². The molecule has 0 saturated carbocycles. The van der Waals surface area contributed by atoms with Crippen molar-refractivity contribution in [3.05, 3.63) is 27.4 Å². The summed E-state index contributed by atoms with van der Waals surface area (Å²) in [5.41, 5.74) is -0.133. The zero-order valence-electron chi connectivity index (χ0n) is 10.4. The molecule has 0 fully saturated rings. The highest BCUT2D eigenvalue weighted by Crippen LogP contribution is 2.24. The second-order valence-electron chi connectivity index (χ2n) is 4.17. The van der Waals surface area contributed by atoms with Crippen LogP contribution >= 0.6 is 11.6 Å². The zero-order valence-corrected chi connectivity index (χ0v) is 11.1. The van der Waals surface area contributed by atoms with Crippen LogP contribution in [0, 0.1) is 16.0 Å². The largest absolute Gasteiger partial charge is 0.379 e. The monoisotopic (exact) mass is 273 g/mol.